The molecule has 0 amide bonds. The summed E-state index contributed by atoms with van der Waals surface area (Å²) in [7, 11) is 0. The fraction of sp³-hybridized carbons (Fsp3) is 0.0811. The van der Waals surface area contributed by atoms with E-state index in [2.05, 4.69) is 85.3 Å². The number of phenols is 1. The molecule has 0 spiro atoms. The van der Waals surface area contributed by atoms with Gasteiger partial charge in [0, 0.05) is 44.4 Å². The average Bonchev–Trinajstić information content (AvgIpc) is 3.47. The van der Waals surface area contributed by atoms with Gasteiger partial charge in [0.25, 0.3) is 0 Å². The van der Waals surface area contributed by atoms with E-state index < -0.39 is 0 Å². The third-order valence-corrected chi connectivity index (χ3v) is 7.14. The van der Waals surface area contributed by atoms with Crippen LogP contribution in [0.4, 0.5) is 0 Å². The number of aromatic hydroxyl groups is 1. The molecule has 0 bridgehead atoms. The van der Waals surface area contributed by atoms with Crippen LogP contribution in [0.3, 0.4) is 0 Å². The van der Waals surface area contributed by atoms with E-state index in [9.17, 15) is 5.11 Å². The van der Waals surface area contributed by atoms with Crippen LogP contribution in [0.2, 0.25) is 0 Å². The number of benzene rings is 5. The number of nitrogens with zero attached hydrogens (tertiary/aromatic N) is 3. The summed E-state index contributed by atoms with van der Waals surface area (Å²) in [6.07, 6.45) is 5.52. The molecule has 5 aromatic carbocycles. The van der Waals surface area contributed by atoms with Gasteiger partial charge in [-0.05, 0) is 64.5 Å². The van der Waals surface area contributed by atoms with Gasteiger partial charge in [-0.2, -0.15) is 0 Å². The normalized spacial score (nSPS) is 10.6. The molecule has 0 saturated carbocycles. The molecule has 5 heteroatoms. The molecular formula is C37H30IrN3O-. The Morgan fingerprint density at radius 3 is 2.21 bits per heavy atom. The number of phenolic OH excluding ortho intramolecular Hbond substituents is 1. The number of rotatable bonds is 3. The van der Waals surface area contributed by atoms with E-state index in [0.29, 0.717) is 0 Å². The van der Waals surface area contributed by atoms with Crippen molar-refractivity contribution in [2.75, 3.05) is 0 Å². The number of pyridine rings is 1. The molecule has 0 saturated heterocycles. The van der Waals surface area contributed by atoms with Crippen LogP contribution in [0.1, 0.15) is 16.7 Å². The topological polar surface area (TPSA) is 50.9 Å². The molecule has 0 aliphatic rings. The molecule has 1 N–H and O–H groups in total. The van der Waals surface area contributed by atoms with Gasteiger partial charge in [0.2, 0.25) is 0 Å². The number of hydrogen-bond donors (Lipinski definition) is 1. The van der Waals surface area contributed by atoms with Gasteiger partial charge >= 0.3 is 0 Å². The average molecular weight is 725 g/mol. The Bertz CT molecular complexity index is 1980. The predicted octanol–water partition coefficient (Wildman–Crippen LogP) is 9.02. The Morgan fingerprint density at radius 2 is 1.43 bits per heavy atom. The Hall–Kier alpha value is -4.57. The Kier molecular flexibility index (Phi) is 8.63. The van der Waals surface area contributed by atoms with Crippen molar-refractivity contribution in [3.8, 4) is 34.1 Å². The van der Waals surface area contributed by atoms with Gasteiger partial charge in [0.1, 0.15) is 11.6 Å². The van der Waals surface area contributed by atoms with Gasteiger partial charge in [-0.3, -0.25) is 4.57 Å². The summed E-state index contributed by atoms with van der Waals surface area (Å²) >= 11 is 0. The van der Waals surface area contributed by atoms with Gasteiger partial charge in [0.05, 0.1) is 5.56 Å². The quantitative estimate of drug-likeness (QED) is 0.146. The van der Waals surface area contributed by atoms with Crippen LogP contribution < -0.4 is 0 Å². The zero-order valence-corrected chi connectivity index (χ0v) is 26.1. The maximum Gasteiger partial charge on any atom is 0.148 e. The molecule has 42 heavy (non-hydrogen) atoms. The molecule has 0 fully saturated rings. The molecule has 209 valence electrons. The van der Waals surface area contributed by atoms with Crippen molar-refractivity contribution in [2.24, 2.45) is 0 Å². The molecule has 4 nitrogen and oxygen atoms in total. The largest absolute Gasteiger partial charge is 0.507 e. The van der Waals surface area contributed by atoms with Crippen molar-refractivity contribution < 1.29 is 25.2 Å². The van der Waals surface area contributed by atoms with E-state index in [0.717, 1.165) is 33.9 Å². The van der Waals surface area contributed by atoms with Crippen molar-refractivity contribution >= 4 is 21.5 Å². The van der Waals surface area contributed by atoms with Crippen LogP contribution in [0.5, 0.6) is 5.75 Å². The van der Waals surface area contributed by atoms with Crippen LogP contribution in [0, 0.1) is 26.8 Å². The predicted molar refractivity (Wildman–Crippen MR) is 168 cm³/mol. The fourth-order valence-corrected chi connectivity index (χ4v) is 5.32. The van der Waals surface area contributed by atoms with Crippen molar-refractivity contribution in [2.45, 2.75) is 20.8 Å². The van der Waals surface area contributed by atoms with Crippen LogP contribution in [0.25, 0.3) is 49.9 Å². The van der Waals surface area contributed by atoms with Gasteiger partial charge < -0.3 is 10.1 Å². The maximum absolute atomic E-state index is 9.90. The van der Waals surface area contributed by atoms with Gasteiger partial charge in [-0.15, -0.1) is 34.9 Å². The molecular weight excluding hydrogens is 695 g/mol. The summed E-state index contributed by atoms with van der Waals surface area (Å²) < 4.78 is 1.95. The standard InChI is InChI=1S/C22H18N.C15H12N2O.Ir/c1-14-4-6-19-17(11-14)5-7-21-20(19)8-9-23-22(21)18-12-15(2)10-16(3)13-18;18-14-9-5-4-8-13(14)15-16-10-11-17(15)12-6-2-1-3-7-12;/h4-12H,1-3H3;1-11,18H;/q-1;;. The summed E-state index contributed by atoms with van der Waals surface area (Å²) in [6.45, 7) is 6.33. The second kappa shape index (κ2) is 12.5. The van der Waals surface area contributed by atoms with E-state index in [1.807, 2.05) is 59.4 Å². The fourth-order valence-electron chi connectivity index (χ4n) is 5.32. The van der Waals surface area contributed by atoms with Crippen LogP contribution in [-0.2, 0) is 20.1 Å². The van der Waals surface area contributed by atoms with Gasteiger partial charge in [-0.25, -0.2) is 4.98 Å². The molecule has 0 atom stereocenters. The first-order valence-corrected chi connectivity index (χ1v) is 13.6. The summed E-state index contributed by atoms with van der Waals surface area (Å²) in [6, 6.07) is 38.0. The van der Waals surface area contributed by atoms with Crippen molar-refractivity contribution in [1.82, 2.24) is 14.5 Å². The van der Waals surface area contributed by atoms with Crippen molar-refractivity contribution in [3.05, 3.63) is 144 Å². The zero-order valence-electron chi connectivity index (χ0n) is 23.7. The van der Waals surface area contributed by atoms with Gasteiger partial charge in [-0.1, -0.05) is 80.1 Å². The smallest absolute Gasteiger partial charge is 0.148 e. The third kappa shape index (κ3) is 5.89. The zero-order chi connectivity index (χ0) is 28.3. The molecule has 1 radical (unpaired) electrons. The van der Waals surface area contributed by atoms with Crippen LogP contribution in [-0.4, -0.2) is 19.6 Å². The minimum Gasteiger partial charge on any atom is -0.507 e. The SMILES string of the molecule is Cc1[c-]c(-c2nccc3c2ccc2cc(C)ccc23)cc(C)c1.Oc1ccccc1-c1nccn1-c1ccccc1.[Ir]. The van der Waals surface area contributed by atoms with E-state index in [4.69, 9.17) is 0 Å². The Morgan fingerprint density at radius 1 is 0.667 bits per heavy atom. The molecule has 2 heterocycles. The molecule has 7 rings (SSSR count). The molecule has 0 aliphatic heterocycles. The van der Waals surface area contributed by atoms with E-state index in [1.54, 1.807) is 18.3 Å². The first-order chi connectivity index (χ1) is 20.0. The minimum absolute atomic E-state index is 0. The van der Waals surface area contributed by atoms with E-state index >= 15 is 0 Å². The van der Waals surface area contributed by atoms with E-state index in [1.165, 1.54) is 32.7 Å². The Balaban J connectivity index is 0.000000169. The summed E-state index contributed by atoms with van der Waals surface area (Å²) in [4.78, 5) is 8.98. The minimum atomic E-state index is 0. The summed E-state index contributed by atoms with van der Waals surface area (Å²) in [5, 5.41) is 14.9. The van der Waals surface area contributed by atoms with Crippen LogP contribution >= 0.6 is 0 Å². The molecule has 2 aromatic heterocycles. The van der Waals surface area contributed by atoms with Gasteiger partial charge in [0.15, 0.2) is 0 Å². The number of aromatic nitrogens is 3. The molecule has 7 aromatic rings. The maximum atomic E-state index is 9.90. The van der Waals surface area contributed by atoms with Crippen LogP contribution in [0.15, 0.2) is 122 Å². The number of imidazole rings is 1. The number of aryl methyl sites for hydroxylation is 3. The van der Waals surface area contributed by atoms with Crippen molar-refractivity contribution in [3.63, 3.8) is 0 Å². The second-order valence-electron chi connectivity index (χ2n) is 10.3. The van der Waals surface area contributed by atoms with E-state index in [-0.39, 0.29) is 25.9 Å². The number of para-hydroxylation sites is 2. The third-order valence-electron chi connectivity index (χ3n) is 7.14. The second-order valence-corrected chi connectivity index (χ2v) is 10.3. The molecule has 0 unspecified atom stereocenters. The first-order valence-electron chi connectivity index (χ1n) is 13.6. The monoisotopic (exact) mass is 725 g/mol. The summed E-state index contributed by atoms with van der Waals surface area (Å²) in [5.74, 6) is 0.972. The first kappa shape index (κ1) is 28.9. The Labute approximate surface area is 259 Å². The number of hydrogen-bond acceptors (Lipinski definition) is 3. The molecule has 0 aliphatic carbocycles. The van der Waals surface area contributed by atoms with Crippen molar-refractivity contribution in [1.29, 1.82) is 0 Å². The number of fused-ring (bicyclic) bond motifs is 3. The summed E-state index contributed by atoms with van der Waals surface area (Å²) in [5.41, 5.74) is 7.51.